The van der Waals surface area contributed by atoms with Crippen molar-refractivity contribution in [3.63, 3.8) is 0 Å². The third-order valence-corrected chi connectivity index (χ3v) is 3.81. The highest BCUT2D eigenvalue weighted by Crippen LogP contribution is 2.22. The monoisotopic (exact) mass is 258 g/mol. The fourth-order valence-electron chi connectivity index (χ4n) is 2.68. The second-order valence-corrected chi connectivity index (χ2v) is 5.19. The zero-order chi connectivity index (χ0) is 13.7. The number of rotatable bonds is 4. The standard InChI is InChI=1S/C15H22N4/c1-3-19(11-13-5-4-7-17-10-13)15-14(9-16)12(2)6-8-18-15/h6,8,13,17H,3-5,7,10-11H2,1-2H3. The van der Waals surface area contributed by atoms with Crippen LogP contribution in [-0.2, 0) is 0 Å². The lowest BCUT2D eigenvalue weighted by atomic mass is 9.99. The van der Waals surface area contributed by atoms with E-state index in [1.165, 1.54) is 12.8 Å². The number of nitrogens with zero attached hydrogens (tertiary/aromatic N) is 3. The van der Waals surface area contributed by atoms with Crippen molar-refractivity contribution in [2.24, 2.45) is 5.92 Å². The quantitative estimate of drug-likeness (QED) is 0.898. The maximum absolute atomic E-state index is 9.32. The lowest BCUT2D eigenvalue weighted by Crippen LogP contribution is -2.39. The van der Waals surface area contributed by atoms with Gasteiger partial charge in [-0.15, -0.1) is 0 Å². The first kappa shape index (κ1) is 13.8. The van der Waals surface area contributed by atoms with E-state index in [1.807, 2.05) is 13.0 Å². The van der Waals surface area contributed by atoms with Gasteiger partial charge in [0, 0.05) is 19.3 Å². The lowest BCUT2D eigenvalue weighted by molar-refractivity contribution is 0.377. The van der Waals surface area contributed by atoms with Crippen LogP contribution in [0.25, 0.3) is 0 Å². The summed E-state index contributed by atoms with van der Waals surface area (Å²) in [4.78, 5) is 6.67. The van der Waals surface area contributed by atoms with Crippen molar-refractivity contribution in [1.29, 1.82) is 5.26 Å². The summed E-state index contributed by atoms with van der Waals surface area (Å²) in [5.41, 5.74) is 1.72. The minimum Gasteiger partial charge on any atom is -0.355 e. The van der Waals surface area contributed by atoms with E-state index in [1.54, 1.807) is 6.20 Å². The van der Waals surface area contributed by atoms with Gasteiger partial charge in [-0.3, -0.25) is 0 Å². The molecule has 0 radical (unpaired) electrons. The molecule has 4 nitrogen and oxygen atoms in total. The van der Waals surface area contributed by atoms with Crippen LogP contribution in [-0.4, -0.2) is 31.2 Å². The SMILES string of the molecule is CCN(CC1CCCNC1)c1nccc(C)c1C#N. The Labute approximate surface area is 115 Å². The molecular formula is C15H22N4. The van der Waals surface area contributed by atoms with Crippen LogP contribution in [0, 0.1) is 24.2 Å². The van der Waals surface area contributed by atoms with Gasteiger partial charge in [-0.2, -0.15) is 5.26 Å². The number of hydrogen-bond donors (Lipinski definition) is 1. The molecule has 2 heterocycles. The maximum atomic E-state index is 9.32. The van der Waals surface area contributed by atoms with Gasteiger partial charge in [0.2, 0.25) is 0 Å². The predicted molar refractivity (Wildman–Crippen MR) is 77.2 cm³/mol. The van der Waals surface area contributed by atoms with Crippen molar-refractivity contribution < 1.29 is 0 Å². The summed E-state index contributed by atoms with van der Waals surface area (Å²) in [6.45, 7) is 8.18. The highest BCUT2D eigenvalue weighted by molar-refractivity contribution is 5.57. The maximum Gasteiger partial charge on any atom is 0.146 e. The van der Waals surface area contributed by atoms with Crippen molar-refractivity contribution in [2.45, 2.75) is 26.7 Å². The Morgan fingerprint density at radius 1 is 1.58 bits per heavy atom. The molecule has 0 bridgehead atoms. The average molecular weight is 258 g/mol. The second kappa shape index (κ2) is 6.53. The molecule has 2 rings (SSSR count). The van der Waals surface area contributed by atoms with Crippen LogP contribution in [0.1, 0.15) is 30.9 Å². The molecule has 1 fully saturated rings. The Balaban J connectivity index is 2.17. The van der Waals surface area contributed by atoms with Crippen LogP contribution in [0.15, 0.2) is 12.3 Å². The molecular weight excluding hydrogens is 236 g/mol. The number of pyridine rings is 1. The molecule has 0 aliphatic carbocycles. The van der Waals surface area contributed by atoms with E-state index in [0.29, 0.717) is 11.5 Å². The highest BCUT2D eigenvalue weighted by Gasteiger charge is 2.19. The highest BCUT2D eigenvalue weighted by atomic mass is 15.2. The Kier molecular flexibility index (Phi) is 4.75. The van der Waals surface area contributed by atoms with Gasteiger partial charge in [0.1, 0.15) is 11.9 Å². The molecule has 4 heteroatoms. The van der Waals surface area contributed by atoms with Crippen LogP contribution < -0.4 is 10.2 Å². The number of nitriles is 1. The van der Waals surface area contributed by atoms with Crippen molar-refractivity contribution in [3.05, 3.63) is 23.4 Å². The Morgan fingerprint density at radius 3 is 3.05 bits per heavy atom. The Hall–Kier alpha value is -1.60. The van der Waals surface area contributed by atoms with Crippen LogP contribution in [0.2, 0.25) is 0 Å². The van der Waals surface area contributed by atoms with E-state index in [9.17, 15) is 5.26 Å². The zero-order valence-corrected chi connectivity index (χ0v) is 11.8. The summed E-state index contributed by atoms with van der Waals surface area (Å²) in [6, 6.07) is 4.20. The van der Waals surface area contributed by atoms with Crippen molar-refractivity contribution in [2.75, 3.05) is 31.1 Å². The fourth-order valence-corrected chi connectivity index (χ4v) is 2.68. The average Bonchev–Trinajstić information content (AvgIpc) is 2.45. The summed E-state index contributed by atoms with van der Waals surface area (Å²) >= 11 is 0. The van der Waals surface area contributed by atoms with E-state index in [-0.39, 0.29) is 0 Å². The molecule has 0 saturated carbocycles. The molecule has 1 aromatic rings. The minimum atomic E-state index is 0.655. The van der Waals surface area contributed by atoms with Gasteiger partial charge < -0.3 is 10.2 Å². The van der Waals surface area contributed by atoms with Crippen LogP contribution in [0.5, 0.6) is 0 Å². The van der Waals surface area contributed by atoms with E-state index in [0.717, 1.165) is 37.6 Å². The number of nitrogens with one attached hydrogen (secondary N) is 1. The third-order valence-electron chi connectivity index (χ3n) is 3.81. The van der Waals surface area contributed by atoms with Crippen LogP contribution in [0.3, 0.4) is 0 Å². The molecule has 1 aromatic heterocycles. The van der Waals surface area contributed by atoms with E-state index < -0.39 is 0 Å². The lowest BCUT2D eigenvalue weighted by Gasteiger charge is -2.30. The molecule has 1 N–H and O–H groups in total. The first-order valence-electron chi connectivity index (χ1n) is 7.07. The molecule has 1 atom stereocenters. The molecule has 0 aromatic carbocycles. The molecule has 0 spiro atoms. The molecule has 1 unspecified atom stereocenters. The van der Waals surface area contributed by atoms with Gasteiger partial charge in [-0.1, -0.05) is 0 Å². The topological polar surface area (TPSA) is 52.0 Å². The van der Waals surface area contributed by atoms with Crippen LogP contribution >= 0.6 is 0 Å². The second-order valence-electron chi connectivity index (χ2n) is 5.19. The van der Waals surface area contributed by atoms with Gasteiger partial charge in [0.15, 0.2) is 0 Å². The van der Waals surface area contributed by atoms with Crippen molar-refractivity contribution in [1.82, 2.24) is 10.3 Å². The summed E-state index contributed by atoms with van der Waals surface area (Å²) in [7, 11) is 0. The summed E-state index contributed by atoms with van der Waals surface area (Å²) < 4.78 is 0. The van der Waals surface area contributed by atoms with Gasteiger partial charge in [0.05, 0.1) is 5.56 Å². The zero-order valence-electron chi connectivity index (χ0n) is 11.8. The minimum absolute atomic E-state index is 0.655. The molecule has 1 saturated heterocycles. The molecule has 1 aliphatic heterocycles. The number of aryl methyl sites for hydroxylation is 1. The van der Waals surface area contributed by atoms with Crippen molar-refractivity contribution >= 4 is 5.82 Å². The van der Waals surface area contributed by atoms with Crippen LogP contribution in [0.4, 0.5) is 5.82 Å². The number of hydrogen-bond acceptors (Lipinski definition) is 4. The molecule has 19 heavy (non-hydrogen) atoms. The number of piperidine rings is 1. The van der Waals surface area contributed by atoms with Gasteiger partial charge in [0.25, 0.3) is 0 Å². The molecule has 0 amide bonds. The smallest absolute Gasteiger partial charge is 0.146 e. The summed E-state index contributed by atoms with van der Waals surface area (Å²) in [6.07, 6.45) is 4.30. The summed E-state index contributed by atoms with van der Waals surface area (Å²) in [5.74, 6) is 1.50. The first-order valence-corrected chi connectivity index (χ1v) is 7.07. The van der Waals surface area contributed by atoms with Crippen molar-refractivity contribution in [3.8, 4) is 6.07 Å². The van der Waals surface area contributed by atoms with E-state index in [2.05, 4.69) is 28.2 Å². The first-order chi connectivity index (χ1) is 9.26. The van der Waals surface area contributed by atoms with E-state index >= 15 is 0 Å². The summed E-state index contributed by atoms with van der Waals surface area (Å²) in [5, 5.41) is 12.8. The van der Waals surface area contributed by atoms with Gasteiger partial charge in [-0.05, 0) is 57.3 Å². The molecule has 1 aliphatic rings. The molecule has 102 valence electrons. The Morgan fingerprint density at radius 2 is 2.42 bits per heavy atom. The Bertz CT molecular complexity index is 458. The normalized spacial score (nSPS) is 18.9. The fraction of sp³-hybridized carbons (Fsp3) is 0.600. The largest absolute Gasteiger partial charge is 0.355 e. The predicted octanol–water partition coefficient (Wildman–Crippen LogP) is 2.09. The third kappa shape index (κ3) is 3.24. The number of aromatic nitrogens is 1. The van der Waals surface area contributed by atoms with Gasteiger partial charge >= 0.3 is 0 Å². The number of anilines is 1. The van der Waals surface area contributed by atoms with E-state index in [4.69, 9.17) is 0 Å². The van der Waals surface area contributed by atoms with Gasteiger partial charge in [-0.25, -0.2) is 4.98 Å².